The predicted octanol–water partition coefficient (Wildman–Crippen LogP) is 10.6. The van der Waals surface area contributed by atoms with Gasteiger partial charge in [0.15, 0.2) is 0 Å². The van der Waals surface area contributed by atoms with Crippen LogP contribution in [0.25, 0.3) is 0 Å². The maximum atomic E-state index is 12.4. The zero-order chi connectivity index (χ0) is 33.3. The Morgan fingerprint density at radius 2 is 0.978 bits per heavy atom. The lowest BCUT2D eigenvalue weighted by Crippen LogP contribution is -2.46. The quantitative estimate of drug-likeness (QED) is 0.0371. The summed E-state index contributed by atoms with van der Waals surface area (Å²) in [6, 6.07) is -1.07. The van der Waals surface area contributed by atoms with Crippen LogP contribution in [0.4, 0.5) is 0 Å². The van der Waals surface area contributed by atoms with Crippen molar-refractivity contribution in [3.05, 3.63) is 36.5 Å². The molecule has 264 valence electrons. The summed E-state index contributed by atoms with van der Waals surface area (Å²) < 4.78 is 32.3. The van der Waals surface area contributed by atoms with Crippen molar-refractivity contribution in [3.63, 3.8) is 0 Å². The molecule has 2 unspecified atom stereocenters. The molecule has 2 atom stereocenters. The van der Waals surface area contributed by atoms with Crippen molar-refractivity contribution in [1.29, 1.82) is 0 Å². The summed E-state index contributed by atoms with van der Waals surface area (Å²) >= 11 is 0. The number of rotatable bonds is 33. The highest BCUT2D eigenvalue weighted by atomic mass is 32.2. The van der Waals surface area contributed by atoms with Crippen LogP contribution in [0.3, 0.4) is 0 Å². The van der Waals surface area contributed by atoms with Crippen molar-refractivity contribution in [1.82, 2.24) is 5.32 Å². The van der Waals surface area contributed by atoms with Gasteiger partial charge in [0.1, 0.15) is 0 Å². The lowest BCUT2D eigenvalue weighted by atomic mass is 10.0. The second-order valence-electron chi connectivity index (χ2n) is 12.8. The van der Waals surface area contributed by atoms with E-state index in [0.29, 0.717) is 12.8 Å². The maximum Gasteiger partial charge on any atom is 0.267 e. The predicted molar refractivity (Wildman–Crippen MR) is 193 cm³/mol. The Kier molecular flexibility index (Phi) is 31.5. The summed E-state index contributed by atoms with van der Waals surface area (Å²) in [5, 5.41) is 13.1. The van der Waals surface area contributed by atoms with E-state index in [4.69, 9.17) is 0 Å². The number of amides is 1. The number of aliphatic hydroxyl groups excluding tert-OH is 1. The molecule has 0 aliphatic carbocycles. The minimum absolute atomic E-state index is 0.277. The standard InChI is InChI=1S/C38H71NO5S/c1-3-5-7-9-11-13-15-16-17-18-19-20-21-22-24-25-27-29-31-33-37(40)36(35-45(42,43)44)39-38(41)34-32-30-28-26-23-14-12-10-8-6-4-2/h10,12,24-25,31,33,36-37,40H,3-9,11,13-23,26-30,32,34-35H2,1-2H3,(H,39,41)(H,42,43,44)/b12-10-,25-24+,33-31+. The van der Waals surface area contributed by atoms with E-state index < -0.39 is 28.0 Å². The van der Waals surface area contributed by atoms with Crippen LogP contribution in [-0.4, -0.2) is 41.9 Å². The largest absolute Gasteiger partial charge is 0.387 e. The SMILES string of the molecule is CCCC/C=C\CCCCCCCC(=O)NC(CS(=O)(=O)O)C(O)/C=C/CC/C=C/CCCCCCCCCCCCCCC. The Labute approximate surface area is 278 Å². The third-order valence-electron chi connectivity index (χ3n) is 8.29. The fourth-order valence-corrected chi connectivity index (χ4v) is 6.18. The second-order valence-corrected chi connectivity index (χ2v) is 14.3. The summed E-state index contributed by atoms with van der Waals surface area (Å²) in [6.07, 6.45) is 41.3. The van der Waals surface area contributed by atoms with Gasteiger partial charge in [-0.25, -0.2) is 0 Å². The zero-order valence-electron chi connectivity index (χ0n) is 29.2. The zero-order valence-corrected chi connectivity index (χ0v) is 30.1. The minimum Gasteiger partial charge on any atom is -0.387 e. The van der Waals surface area contributed by atoms with E-state index >= 15 is 0 Å². The molecular weight excluding hydrogens is 582 g/mol. The van der Waals surface area contributed by atoms with Gasteiger partial charge in [0.05, 0.1) is 17.9 Å². The van der Waals surface area contributed by atoms with Crippen LogP contribution >= 0.6 is 0 Å². The average Bonchev–Trinajstić information content (AvgIpc) is 3.00. The van der Waals surface area contributed by atoms with Crippen molar-refractivity contribution in [3.8, 4) is 0 Å². The van der Waals surface area contributed by atoms with Gasteiger partial charge < -0.3 is 10.4 Å². The number of nitrogens with one attached hydrogen (secondary N) is 1. The van der Waals surface area contributed by atoms with Crippen molar-refractivity contribution in [2.24, 2.45) is 0 Å². The van der Waals surface area contributed by atoms with E-state index in [9.17, 15) is 22.9 Å². The molecule has 0 fully saturated rings. The monoisotopic (exact) mass is 654 g/mol. The fraction of sp³-hybridized carbons (Fsp3) is 0.816. The van der Waals surface area contributed by atoms with Gasteiger partial charge in [0.2, 0.25) is 5.91 Å². The molecule has 0 bridgehead atoms. The Morgan fingerprint density at radius 1 is 0.578 bits per heavy atom. The first kappa shape index (κ1) is 43.6. The molecule has 7 heteroatoms. The van der Waals surface area contributed by atoms with Gasteiger partial charge >= 0.3 is 0 Å². The third kappa shape index (κ3) is 33.7. The molecule has 6 nitrogen and oxygen atoms in total. The number of carbonyl (C=O) groups is 1. The van der Waals surface area contributed by atoms with E-state index in [2.05, 4.69) is 43.5 Å². The Morgan fingerprint density at radius 3 is 1.47 bits per heavy atom. The lowest BCUT2D eigenvalue weighted by molar-refractivity contribution is -0.122. The Hall–Kier alpha value is -1.44. The number of carbonyl (C=O) groups excluding carboxylic acids is 1. The molecule has 1 amide bonds. The van der Waals surface area contributed by atoms with Gasteiger partial charge in [-0.15, -0.1) is 0 Å². The second kappa shape index (κ2) is 32.5. The van der Waals surface area contributed by atoms with Crippen LogP contribution in [0.5, 0.6) is 0 Å². The van der Waals surface area contributed by atoms with Crippen LogP contribution < -0.4 is 5.32 Å². The average molecular weight is 654 g/mol. The van der Waals surface area contributed by atoms with Crippen LogP contribution in [0, 0.1) is 0 Å². The molecule has 0 aliphatic rings. The highest BCUT2D eigenvalue weighted by Crippen LogP contribution is 2.13. The molecule has 0 rings (SSSR count). The van der Waals surface area contributed by atoms with E-state index in [0.717, 1.165) is 51.4 Å². The molecular formula is C38H71NO5S. The molecule has 0 heterocycles. The van der Waals surface area contributed by atoms with Gasteiger partial charge in [-0.2, -0.15) is 8.42 Å². The molecule has 0 saturated carbocycles. The van der Waals surface area contributed by atoms with Crippen molar-refractivity contribution in [2.45, 2.75) is 193 Å². The smallest absolute Gasteiger partial charge is 0.267 e. The summed E-state index contributed by atoms with van der Waals surface area (Å²) in [4.78, 5) is 12.4. The van der Waals surface area contributed by atoms with Crippen LogP contribution in [0.15, 0.2) is 36.5 Å². The summed E-state index contributed by atoms with van der Waals surface area (Å²) in [5.41, 5.74) is 0. The number of hydrogen-bond donors (Lipinski definition) is 3. The number of aliphatic hydroxyl groups is 1. The highest BCUT2D eigenvalue weighted by Gasteiger charge is 2.24. The van der Waals surface area contributed by atoms with Crippen LogP contribution in [0.1, 0.15) is 181 Å². The van der Waals surface area contributed by atoms with E-state index in [-0.39, 0.29) is 12.3 Å². The maximum absolute atomic E-state index is 12.4. The first-order valence-electron chi connectivity index (χ1n) is 18.7. The van der Waals surface area contributed by atoms with Crippen LogP contribution in [0.2, 0.25) is 0 Å². The molecule has 0 saturated heterocycles. The summed E-state index contributed by atoms with van der Waals surface area (Å²) in [6.45, 7) is 4.47. The topological polar surface area (TPSA) is 104 Å². The van der Waals surface area contributed by atoms with Gasteiger partial charge in [-0.3, -0.25) is 9.35 Å². The number of unbranched alkanes of at least 4 members (excludes halogenated alkanes) is 21. The van der Waals surface area contributed by atoms with Gasteiger partial charge in [-0.05, 0) is 51.4 Å². The molecule has 0 aromatic carbocycles. The molecule has 0 spiro atoms. The van der Waals surface area contributed by atoms with Gasteiger partial charge in [0.25, 0.3) is 10.1 Å². The molecule has 3 N–H and O–H groups in total. The Bertz CT molecular complexity index is 852. The summed E-state index contributed by atoms with van der Waals surface area (Å²) in [7, 11) is -4.35. The molecule has 0 radical (unpaired) electrons. The van der Waals surface area contributed by atoms with Crippen LogP contribution in [-0.2, 0) is 14.9 Å². The van der Waals surface area contributed by atoms with Crippen molar-refractivity contribution < 1.29 is 22.9 Å². The molecule has 0 aromatic heterocycles. The highest BCUT2D eigenvalue weighted by molar-refractivity contribution is 7.85. The van der Waals surface area contributed by atoms with E-state index in [1.807, 2.05) is 6.08 Å². The van der Waals surface area contributed by atoms with Crippen molar-refractivity contribution in [2.75, 3.05) is 5.75 Å². The minimum atomic E-state index is -4.35. The number of hydrogen-bond acceptors (Lipinski definition) is 4. The van der Waals surface area contributed by atoms with Gasteiger partial charge in [-0.1, -0.05) is 159 Å². The molecule has 0 aromatic rings. The molecule has 0 aliphatic heterocycles. The van der Waals surface area contributed by atoms with Crippen molar-refractivity contribution >= 4 is 16.0 Å². The number of allylic oxidation sites excluding steroid dienone is 5. The lowest BCUT2D eigenvalue weighted by Gasteiger charge is -2.21. The first-order chi connectivity index (χ1) is 21.8. The Balaban J connectivity index is 4.01. The van der Waals surface area contributed by atoms with Gasteiger partial charge in [0, 0.05) is 6.42 Å². The molecule has 45 heavy (non-hydrogen) atoms. The summed E-state index contributed by atoms with van der Waals surface area (Å²) in [5.74, 6) is -1.01. The first-order valence-corrected chi connectivity index (χ1v) is 20.3. The van der Waals surface area contributed by atoms with E-state index in [1.165, 1.54) is 102 Å². The third-order valence-corrected chi connectivity index (χ3v) is 9.07. The normalized spacial score (nSPS) is 13.8. The van der Waals surface area contributed by atoms with E-state index in [1.54, 1.807) is 0 Å². The fourth-order valence-electron chi connectivity index (χ4n) is 5.45.